The van der Waals surface area contributed by atoms with Gasteiger partial charge in [0.2, 0.25) is 0 Å². The van der Waals surface area contributed by atoms with E-state index < -0.39 is 0 Å². The Morgan fingerprint density at radius 2 is 2.07 bits per heavy atom. The van der Waals surface area contributed by atoms with E-state index in [1.807, 2.05) is 0 Å². The summed E-state index contributed by atoms with van der Waals surface area (Å²) in [5.74, 6) is 0.923. The number of hydrogen-bond acceptors (Lipinski definition) is 2. The summed E-state index contributed by atoms with van der Waals surface area (Å²) in [5.41, 5.74) is 1.35. The van der Waals surface area contributed by atoms with Crippen LogP contribution in [0.2, 0.25) is 0 Å². The van der Waals surface area contributed by atoms with Crippen LogP contribution in [0.3, 0.4) is 0 Å². The molecule has 0 saturated heterocycles. The first-order chi connectivity index (χ1) is 6.62. The van der Waals surface area contributed by atoms with Gasteiger partial charge in [-0.05, 0) is 42.6 Å². The van der Waals surface area contributed by atoms with Crippen molar-refractivity contribution in [3.8, 4) is 0 Å². The van der Waals surface area contributed by atoms with Crippen LogP contribution in [0.5, 0.6) is 0 Å². The molecule has 2 rings (SSSR count). The highest BCUT2D eigenvalue weighted by atomic mass is 16.5. The Balaban J connectivity index is 1.66. The number of rotatable bonds is 6. The second-order valence-electron chi connectivity index (χ2n) is 5.58. The summed E-state index contributed by atoms with van der Waals surface area (Å²) in [7, 11) is 1.76. The van der Waals surface area contributed by atoms with Crippen LogP contribution in [0.15, 0.2) is 0 Å². The monoisotopic (exact) mass is 197 g/mol. The van der Waals surface area contributed by atoms with Gasteiger partial charge in [-0.15, -0.1) is 0 Å². The minimum Gasteiger partial charge on any atom is -0.383 e. The Labute approximate surface area is 87.4 Å². The lowest BCUT2D eigenvalue weighted by atomic mass is 9.87. The van der Waals surface area contributed by atoms with Crippen LogP contribution in [-0.4, -0.2) is 26.8 Å². The molecular formula is C12H23NO. The van der Waals surface area contributed by atoms with Crippen molar-refractivity contribution >= 4 is 0 Å². The first kappa shape index (κ1) is 10.4. The number of nitrogens with one attached hydrogen (secondary N) is 1. The predicted molar refractivity (Wildman–Crippen MR) is 58.3 cm³/mol. The Hall–Kier alpha value is -0.0800. The third kappa shape index (κ3) is 1.70. The Morgan fingerprint density at radius 3 is 2.64 bits per heavy atom. The summed E-state index contributed by atoms with van der Waals surface area (Å²) in [6, 6.07) is 0. The molecule has 0 aromatic carbocycles. The number of ether oxygens (including phenoxy) is 1. The highest BCUT2D eigenvalue weighted by molar-refractivity contribution is 5.14. The predicted octanol–water partition coefficient (Wildman–Crippen LogP) is 2.05. The lowest BCUT2D eigenvalue weighted by Gasteiger charge is -2.19. The van der Waals surface area contributed by atoms with Gasteiger partial charge in [-0.25, -0.2) is 0 Å². The minimum atomic E-state index is 0.660. The van der Waals surface area contributed by atoms with Gasteiger partial charge in [0.15, 0.2) is 0 Å². The Morgan fingerprint density at radius 1 is 1.36 bits per heavy atom. The molecule has 2 atom stereocenters. The zero-order chi connectivity index (χ0) is 10.2. The van der Waals surface area contributed by atoms with Gasteiger partial charge in [-0.2, -0.15) is 0 Å². The second kappa shape index (κ2) is 3.49. The Bertz CT molecular complexity index is 212. The lowest BCUT2D eigenvalue weighted by molar-refractivity contribution is 0.197. The molecule has 0 bridgehead atoms. The van der Waals surface area contributed by atoms with Crippen molar-refractivity contribution in [2.45, 2.75) is 33.1 Å². The first-order valence-corrected chi connectivity index (χ1v) is 5.82. The molecule has 2 aliphatic rings. The van der Waals surface area contributed by atoms with Crippen molar-refractivity contribution in [2.24, 2.45) is 16.7 Å². The van der Waals surface area contributed by atoms with Crippen LogP contribution in [0, 0.1) is 16.7 Å². The SMILES string of the molecule is COCCNCC1CC1(C)C1(C)CC1. The van der Waals surface area contributed by atoms with Gasteiger partial charge >= 0.3 is 0 Å². The van der Waals surface area contributed by atoms with Crippen molar-refractivity contribution < 1.29 is 4.74 Å². The normalized spacial score (nSPS) is 38.4. The third-order valence-electron chi connectivity index (χ3n) is 4.66. The molecule has 2 unspecified atom stereocenters. The van der Waals surface area contributed by atoms with Gasteiger partial charge in [-0.3, -0.25) is 0 Å². The molecule has 2 fully saturated rings. The summed E-state index contributed by atoms with van der Waals surface area (Å²) in [6.07, 6.45) is 4.35. The maximum absolute atomic E-state index is 5.01. The highest BCUT2D eigenvalue weighted by Gasteiger charge is 2.65. The van der Waals surface area contributed by atoms with Gasteiger partial charge in [0.05, 0.1) is 6.61 Å². The fourth-order valence-electron chi connectivity index (χ4n) is 2.70. The van der Waals surface area contributed by atoms with E-state index in [9.17, 15) is 0 Å². The smallest absolute Gasteiger partial charge is 0.0587 e. The van der Waals surface area contributed by atoms with Crippen LogP contribution in [0.4, 0.5) is 0 Å². The minimum absolute atomic E-state index is 0.660. The van der Waals surface area contributed by atoms with Crippen LogP contribution in [0.25, 0.3) is 0 Å². The molecule has 0 aromatic rings. The zero-order valence-electron chi connectivity index (χ0n) is 9.73. The molecule has 0 amide bonds. The molecule has 0 aromatic heterocycles. The third-order valence-corrected chi connectivity index (χ3v) is 4.66. The van der Waals surface area contributed by atoms with E-state index in [1.54, 1.807) is 7.11 Å². The molecule has 1 N–H and O–H groups in total. The van der Waals surface area contributed by atoms with Gasteiger partial charge in [0, 0.05) is 13.7 Å². The first-order valence-electron chi connectivity index (χ1n) is 5.82. The highest BCUT2D eigenvalue weighted by Crippen LogP contribution is 2.72. The summed E-state index contributed by atoms with van der Waals surface area (Å²) < 4.78 is 5.01. The molecule has 2 heteroatoms. The van der Waals surface area contributed by atoms with E-state index in [-0.39, 0.29) is 0 Å². The quantitative estimate of drug-likeness (QED) is 0.658. The van der Waals surface area contributed by atoms with Crippen molar-refractivity contribution in [3.05, 3.63) is 0 Å². The molecule has 0 spiro atoms. The molecule has 0 aliphatic heterocycles. The van der Waals surface area contributed by atoms with Crippen molar-refractivity contribution in [1.82, 2.24) is 5.32 Å². The summed E-state index contributed by atoms with van der Waals surface area (Å²) in [4.78, 5) is 0. The van der Waals surface area contributed by atoms with E-state index in [4.69, 9.17) is 4.74 Å². The van der Waals surface area contributed by atoms with Crippen LogP contribution in [0.1, 0.15) is 33.1 Å². The summed E-state index contributed by atoms with van der Waals surface area (Å²) >= 11 is 0. The van der Waals surface area contributed by atoms with E-state index in [0.717, 1.165) is 19.1 Å². The maximum atomic E-state index is 5.01. The number of methoxy groups -OCH3 is 1. The largest absolute Gasteiger partial charge is 0.383 e. The standard InChI is InChI=1S/C12H23NO/c1-11(4-5-11)12(2)8-10(12)9-13-6-7-14-3/h10,13H,4-9H2,1-3H3. The van der Waals surface area contributed by atoms with Crippen LogP contribution in [-0.2, 0) is 4.74 Å². The van der Waals surface area contributed by atoms with Crippen molar-refractivity contribution in [3.63, 3.8) is 0 Å². The summed E-state index contributed by atoms with van der Waals surface area (Å²) in [5, 5.41) is 3.48. The lowest BCUT2D eigenvalue weighted by Crippen LogP contribution is -2.25. The van der Waals surface area contributed by atoms with E-state index in [2.05, 4.69) is 19.2 Å². The van der Waals surface area contributed by atoms with Gasteiger partial charge in [0.1, 0.15) is 0 Å². The topological polar surface area (TPSA) is 21.3 Å². The summed E-state index contributed by atoms with van der Waals surface area (Å²) in [6.45, 7) is 7.96. The van der Waals surface area contributed by atoms with Crippen LogP contribution < -0.4 is 5.32 Å². The number of hydrogen-bond donors (Lipinski definition) is 1. The average Bonchev–Trinajstić information content (AvgIpc) is 3.02. The molecule has 2 aliphatic carbocycles. The average molecular weight is 197 g/mol. The maximum Gasteiger partial charge on any atom is 0.0587 e. The molecular weight excluding hydrogens is 174 g/mol. The molecule has 82 valence electrons. The van der Waals surface area contributed by atoms with Crippen LogP contribution >= 0.6 is 0 Å². The van der Waals surface area contributed by atoms with E-state index >= 15 is 0 Å². The molecule has 14 heavy (non-hydrogen) atoms. The molecule has 0 radical (unpaired) electrons. The molecule has 0 heterocycles. The fourth-order valence-corrected chi connectivity index (χ4v) is 2.70. The van der Waals surface area contributed by atoms with E-state index in [1.165, 1.54) is 25.8 Å². The van der Waals surface area contributed by atoms with Gasteiger partial charge < -0.3 is 10.1 Å². The zero-order valence-corrected chi connectivity index (χ0v) is 9.73. The van der Waals surface area contributed by atoms with E-state index in [0.29, 0.717) is 10.8 Å². The molecule has 2 nitrogen and oxygen atoms in total. The van der Waals surface area contributed by atoms with Gasteiger partial charge in [0.25, 0.3) is 0 Å². The molecule has 2 saturated carbocycles. The van der Waals surface area contributed by atoms with Crippen molar-refractivity contribution in [2.75, 3.05) is 26.8 Å². The van der Waals surface area contributed by atoms with Gasteiger partial charge in [-0.1, -0.05) is 13.8 Å². The Kier molecular flexibility index (Phi) is 2.61. The fraction of sp³-hybridized carbons (Fsp3) is 1.00. The van der Waals surface area contributed by atoms with Crippen molar-refractivity contribution in [1.29, 1.82) is 0 Å². The second-order valence-corrected chi connectivity index (χ2v) is 5.58.